The highest BCUT2D eigenvalue weighted by Crippen LogP contribution is 1.94. The Morgan fingerprint density at radius 1 is 1.67 bits per heavy atom. The normalized spacial score (nSPS) is 9.00. The molecule has 0 fully saturated rings. The molecule has 0 saturated carbocycles. The molecule has 0 saturated heterocycles. The molecular weight excluding hydrogens is 187 g/mol. The Morgan fingerprint density at radius 2 is 2.33 bits per heavy atom. The van der Waals surface area contributed by atoms with E-state index in [1.807, 2.05) is 0 Å². The monoisotopic (exact) mass is 197 g/mol. The molecule has 0 aromatic rings. The minimum Gasteiger partial charge on any atom is -0.0864 e. The van der Waals surface area contributed by atoms with E-state index < -0.39 is 0 Å². The van der Waals surface area contributed by atoms with Gasteiger partial charge in [0.1, 0.15) is 0 Å². The summed E-state index contributed by atoms with van der Waals surface area (Å²) in [5, 5.41) is 0. The third-order valence-electron chi connectivity index (χ3n) is 0.602. The molecule has 0 unspecified atom stereocenters. The molecule has 0 aliphatic carbocycles. The van der Waals surface area contributed by atoms with Crippen molar-refractivity contribution in [2.24, 2.45) is 0 Å². The highest BCUT2D eigenvalue weighted by Gasteiger charge is 1.77. The van der Waals surface area contributed by atoms with E-state index in [9.17, 15) is 0 Å². The maximum Gasteiger partial charge on any atom is -0.000199 e. The number of unbranched alkanes of at least 4 members (excludes halogenated alkanes) is 2. The van der Waals surface area contributed by atoms with Crippen molar-refractivity contribution in [2.45, 2.75) is 19.8 Å². The summed E-state index contributed by atoms with van der Waals surface area (Å²) in [5.74, 6) is 0. The van der Waals surface area contributed by atoms with E-state index in [4.69, 9.17) is 0 Å². The minimum absolute atomic E-state index is 1.23. The molecule has 1 heteroatoms. The lowest BCUT2D eigenvalue weighted by Gasteiger charge is -1.84. The summed E-state index contributed by atoms with van der Waals surface area (Å²) in [5.41, 5.74) is 0. The molecule has 1 radical (unpaired) electrons. The van der Waals surface area contributed by atoms with Crippen molar-refractivity contribution in [3.8, 4) is 0 Å². The molecule has 0 atom stereocenters. The van der Waals surface area contributed by atoms with Crippen molar-refractivity contribution in [3.05, 3.63) is 6.42 Å². The van der Waals surface area contributed by atoms with Gasteiger partial charge in [0.2, 0.25) is 0 Å². The molecule has 0 aliphatic rings. The lowest BCUT2D eigenvalue weighted by Crippen LogP contribution is -1.71. The molecule has 0 aliphatic heterocycles. The molecule has 0 heterocycles. The van der Waals surface area contributed by atoms with Gasteiger partial charge in [-0.15, -0.1) is 0 Å². The van der Waals surface area contributed by atoms with Crippen LogP contribution in [0.2, 0.25) is 0 Å². The average molecular weight is 197 g/mol. The number of hydrogen-bond acceptors (Lipinski definition) is 0. The van der Waals surface area contributed by atoms with Gasteiger partial charge in [0.15, 0.2) is 0 Å². The van der Waals surface area contributed by atoms with Gasteiger partial charge in [-0.2, -0.15) is 0 Å². The van der Waals surface area contributed by atoms with Gasteiger partial charge in [0, 0.05) is 0 Å². The SMILES string of the molecule is CC[CH]CCI. The molecule has 0 bridgehead atoms. The van der Waals surface area contributed by atoms with Crippen LogP contribution in [0.25, 0.3) is 0 Å². The fraction of sp³-hybridized carbons (Fsp3) is 0.800. The Hall–Kier alpha value is 0.730. The summed E-state index contributed by atoms with van der Waals surface area (Å²) >= 11 is 2.38. The molecule has 0 aromatic carbocycles. The van der Waals surface area contributed by atoms with Gasteiger partial charge in [-0.1, -0.05) is 35.9 Å². The van der Waals surface area contributed by atoms with Crippen LogP contribution in [0.15, 0.2) is 0 Å². The van der Waals surface area contributed by atoms with Gasteiger partial charge in [-0.25, -0.2) is 0 Å². The van der Waals surface area contributed by atoms with E-state index in [-0.39, 0.29) is 0 Å². The van der Waals surface area contributed by atoms with Crippen molar-refractivity contribution in [3.63, 3.8) is 0 Å². The highest BCUT2D eigenvalue weighted by atomic mass is 127. The zero-order valence-electron chi connectivity index (χ0n) is 4.08. The maximum atomic E-state index is 2.38. The van der Waals surface area contributed by atoms with Crippen molar-refractivity contribution < 1.29 is 0 Å². The maximum absolute atomic E-state index is 2.38. The fourth-order valence-corrected chi connectivity index (χ4v) is 0.722. The van der Waals surface area contributed by atoms with Gasteiger partial charge in [0.25, 0.3) is 0 Å². The predicted molar refractivity (Wildman–Crippen MR) is 38.1 cm³/mol. The van der Waals surface area contributed by atoms with Gasteiger partial charge in [-0.05, 0) is 17.3 Å². The summed E-state index contributed by atoms with van der Waals surface area (Å²) < 4.78 is 1.27. The molecule has 0 rings (SSSR count). The van der Waals surface area contributed by atoms with Crippen molar-refractivity contribution in [1.82, 2.24) is 0 Å². The van der Waals surface area contributed by atoms with Gasteiger partial charge >= 0.3 is 0 Å². The van der Waals surface area contributed by atoms with E-state index in [1.165, 1.54) is 17.3 Å². The van der Waals surface area contributed by atoms with Crippen LogP contribution in [0.1, 0.15) is 19.8 Å². The van der Waals surface area contributed by atoms with Gasteiger partial charge in [0.05, 0.1) is 0 Å². The number of hydrogen-bond donors (Lipinski definition) is 0. The topological polar surface area (TPSA) is 0 Å². The first-order chi connectivity index (χ1) is 2.91. The molecule has 0 N–H and O–H groups in total. The van der Waals surface area contributed by atoms with Crippen molar-refractivity contribution in [2.75, 3.05) is 4.43 Å². The Labute approximate surface area is 53.5 Å². The Balaban J connectivity index is 2.34. The van der Waals surface area contributed by atoms with Crippen LogP contribution in [0.4, 0.5) is 0 Å². The van der Waals surface area contributed by atoms with Crippen LogP contribution >= 0.6 is 22.6 Å². The lowest BCUT2D eigenvalue weighted by atomic mass is 10.3. The third-order valence-corrected chi connectivity index (χ3v) is 1.22. The summed E-state index contributed by atoms with van der Waals surface area (Å²) in [4.78, 5) is 0. The molecule has 0 spiro atoms. The summed E-state index contributed by atoms with van der Waals surface area (Å²) in [6.45, 7) is 2.17. The number of halogens is 1. The van der Waals surface area contributed by atoms with Crippen LogP contribution in [-0.2, 0) is 0 Å². The average Bonchev–Trinajstić information content (AvgIpc) is 1.61. The van der Waals surface area contributed by atoms with Crippen molar-refractivity contribution in [1.29, 1.82) is 0 Å². The molecule has 0 aromatic heterocycles. The quantitative estimate of drug-likeness (QED) is 0.370. The summed E-state index contributed by atoms with van der Waals surface area (Å²) in [6.07, 6.45) is 4.80. The lowest BCUT2D eigenvalue weighted by molar-refractivity contribution is 0.989. The van der Waals surface area contributed by atoms with Crippen molar-refractivity contribution >= 4 is 22.6 Å². The van der Waals surface area contributed by atoms with Gasteiger partial charge in [-0.3, -0.25) is 0 Å². The first-order valence-electron chi connectivity index (χ1n) is 2.29. The Morgan fingerprint density at radius 3 is 2.50 bits per heavy atom. The Bertz CT molecular complexity index is 15.9. The Kier molecular flexibility index (Phi) is 6.43. The van der Waals surface area contributed by atoms with Crippen LogP contribution < -0.4 is 0 Å². The van der Waals surface area contributed by atoms with Crippen LogP contribution in [0, 0.1) is 6.42 Å². The number of rotatable bonds is 3. The predicted octanol–water partition coefficient (Wildman–Crippen LogP) is 2.43. The summed E-state index contributed by atoms with van der Waals surface area (Å²) in [6, 6.07) is 0. The van der Waals surface area contributed by atoms with E-state index in [2.05, 4.69) is 35.9 Å². The first kappa shape index (κ1) is 6.73. The third kappa shape index (κ3) is 4.73. The zero-order valence-corrected chi connectivity index (χ0v) is 6.23. The van der Waals surface area contributed by atoms with E-state index in [0.29, 0.717) is 0 Å². The largest absolute Gasteiger partial charge is 0.0864 e. The molecule has 0 amide bonds. The van der Waals surface area contributed by atoms with Gasteiger partial charge < -0.3 is 0 Å². The smallest absolute Gasteiger partial charge is 0.000199 e. The molecule has 0 nitrogen and oxygen atoms in total. The second-order valence-corrected chi connectivity index (χ2v) is 2.25. The first-order valence-corrected chi connectivity index (χ1v) is 3.82. The van der Waals surface area contributed by atoms with E-state index in [1.54, 1.807) is 0 Å². The second-order valence-electron chi connectivity index (χ2n) is 1.17. The zero-order chi connectivity index (χ0) is 4.83. The minimum atomic E-state index is 1.23. The van der Waals surface area contributed by atoms with Crippen LogP contribution in [0.3, 0.4) is 0 Å². The second kappa shape index (κ2) is 5.73. The molecule has 37 valence electrons. The van der Waals surface area contributed by atoms with E-state index in [0.717, 1.165) is 0 Å². The fourth-order valence-electron chi connectivity index (χ4n) is 0.281. The van der Waals surface area contributed by atoms with E-state index >= 15 is 0 Å². The van der Waals surface area contributed by atoms with Crippen LogP contribution in [0.5, 0.6) is 0 Å². The number of alkyl halides is 1. The molecule has 6 heavy (non-hydrogen) atoms. The molecular formula is C5H10I. The summed E-state index contributed by atoms with van der Waals surface area (Å²) in [7, 11) is 0. The standard InChI is InChI=1S/C5H10I/c1-2-3-4-5-6/h3H,2,4-5H2,1H3. The van der Waals surface area contributed by atoms with Crippen LogP contribution in [-0.4, -0.2) is 4.43 Å². The highest BCUT2D eigenvalue weighted by molar-refractivity contribution is 14.1.